The maximum atomic E-state index is 4.49. The molecule has 1 aromatic carbocycles. The first-order valence-electron chi connectivity index (χ1n) is 7.20. The number of aromatic nitrogens is 3. The normalized spacial score (nSPS) is 16.7. The summed E-state index contributed by atoms with van der Waals surface area (Å²) in [6.45, 7) is 2.15. The Balaban J connectivity index is 1.87. The molecule has 0 fully saturated rings. The molecular weight excluding hydrogens is 274 g/mol. The number of hydrogen-bond donors (Lipinski definition) is 0. The summed E-state index contributed by atoms with van der Waals surface area (Å²) in [5.74, 6) is 0.902. The van der Waals surface area contributed by atoms with Gasteiger partial charge in [-0.2, -0.15) is 0 Å². The largest absolute Gasteiger partial charge is 0.316 e. The highest BCUT2D eigenvalue weighted by Gasteiger charge is 2.36. The molecule has 0 saturated heterocycles. The minimum absolute atomic E-state index is 0.0956. The second-order valence-electron chi connectivity index (χ2n) is 5.15. The van der Waals surface area contributed by atoms with Crippen LogP contribution >= 0.6 is 0 Å². The predicted octanol–water partition coefficient (Wildman–Crippen LogP) is 3.51. The summed E-state index contributed by atoms with van der Waals surface area (Å²) in [7, 11) is 0. The quantitative estimate of drug-likeness (QED) is 0.722. The fraction of sp³-hybridized carbons (Fsp3) is 0.118. The maximum Gasteiger partial charge on any atom is 0.162 e. The van der Waals surface area contributed by atoms with E-state index in [1.54, 1.807) is 12.5 Å². The topological polar surface area (TPSA) is 45.2 Å². The van der Waals surface area contributed by atoms with Crippen LogP contribution in [0.4, 0.5) is 22.9 Å². The van der Waals surface area contributed by atoms with Crippen molar-refractivity contribution in [1.82, 2.24) is 15.0 Å². The zero-order valence-electron chi connectivity index (χ0n) is 12.2. The molecule has 3 heterocycles. The van der Waals surface area contributed by atoms with Gasteiger partial charge in [-0.15, -0.1) is 0 Å². The fourth-order valence-electron chi connectivity index (χ4n) is 2.94. The van der Waals surface area contributed by atoms with E-state index in [1.807, 2.05) is 42.7 Å². The van der Waals surface area contributed by atoms with Crippen LogP contribution in [0.1, 0.15) is 6.92 Å². The molecule has 22 heavy (non-hydrogen) atoms. The Morgan fingerprint density at radius 2 is 1.68 bits per heavy atom. The van der Waals surface area contributed by atoms with Crippen molar-refractivity contribution in [3.8, 4) is 0 Å². The first-order chi connectivity index (χ1) is 10.9. The maximum absolute atomic E-state index is 4.49. The number of hydrogen-bond acceptors (Lipinski definition) is 5. The number of rotatable bonds is 2. The summed E-state index contributed by atoms with van der Waals surface area (Å²) < 4.78 is 0. The number of fused-ring (bicyclic) bond motifs is 1. The SMILES string of the molecule is CC1N(c2ccccc2)c2cncnc2N1c1cccnc1. The van der Waals surface area contributed by atoms with E-state index in [2.05, 4.69) is 43.8 Å². The molecule has 4 rings (SSSR count). The average Bonchev–Trinajstić information content (AvgIpc) is 2.88. The zero-order chi connectivity index (χ0) is 14.9. The average molecular weight is 289 g/mol. The molecule has 1 aliphatic rings. The van der Waals surface area contributed by atoms with Gasteiger partial charge in [0.15, 0.2) is 5.82 Å². The van der Waals surface area contributed by atoms with Crippen LogP contribution in [0.5, 0.6) is 0 Å². The molecule has 1 unspecified atom stereocenters. The Bertz CT molecular complexity index is 709. The van der Waals surface area contributed by atoms with Crippen LogP contribution in [-0.4, -0.2) is 21.1 Å². The highest BCUT2D eigenvalue weighted by atomic mass is 15.4. The van der Waals surface area contributed by atoms with Crippen molar-refractivity contribution in [2.75, 3.05) is 9.80 Å². The molecule has 0 radical (unpaired) electrons. The highest BCUT2D eigenvalue weighted by Crippen LogP contribution is 2.45. The molecule has 5 nitrogen and oxygen atoms in total. The van der Waals surface area contributed by atoms with Gasteiger partial charge in [0, 0.05) is 11.9 Å². The fourth-order valence-corrected chi connectivity index (χ4v) is 2.94. The lowest BCUT2D eigenvalue weighted by atomic mass is 10.2. The molecule has 0 amide bonds. The van der Waals surface area contributed by atoms with Gasteiger partial charge in [-0.3, -0.25) is 4.98 Å². The third kappa shape index (κ3) is 1.90. The lowest BCUT2D eigenvalue weighted by Crippen LogP contribution is -2.35. The second kappa shape index (κ2) is 5.11. The van der Waals surface area contributed by atoms with Crippen LogP contribution in [0.25, 0.3) is 0 Å². The van der Waals surface area contributed by atoms with Gasteiger partial charge in [-0.05, 0) is 31.2 Å². The van der Waals surface area contributed by atoms with E-state index in [0.717, 1.165) is 22.9 Å². The number of para-hydroxylation sites is 1. The lowest BCUT2D eigenvalue weighted by Gasteiger charge is -2.29. The van der Waals surface area contributed by atoms with Gasteiger partial charge in [-0.1, -0.05) is 18.2 Å². The molecule has 3 aromatic rings. The van der Waals surface area contributed by atoms with Gasteiger partial charge in [-0.25, -0.2) is 9.97 Å². The standard InChI is InChI=1S/C17H15N5/c1-13-21(14-6-3-2-4-7-14)16-11-19-12-20-17(16)22(13)15-8-5-9-18-10-15/h2-13H,1H3. The number of nitrogens with zero attached hydrogens (tertiary/aromatic N) is 5. The minimum Gasteiger partial charge on any atom is -0.316 e. The van der Waals surface area contributed by atoms with E-state index >= 15 is 0 Å². The lowest BCUT2D eigenvalue weighted by molar-refractivity contribution is 0.756. The van der Waals surface area contributed by atoms with Gasteiger partial charge in [0.2, 0.25) is 0 Å². The van der Waals surface area contributed by atoms with Crippen molar-refractivity contribution in [2.24, 2.45) is 0 Å². The number of benzene rings is 1. The Labute approximate surface area is 128 Å². The Hall–Kier alpha value is -2.95. The van der Waals surface area contributed by atoms with Gasteiger partial charge in [0.25, 0.3) is 0 Å². The van der Waals surface area contributed by atoms with Crippen LogP contribution in [-0.2, 0) is 0 Å². The van der Waals surface area contributed by atoms with Crippen LogP contribution in [0.2, 0.25) is 0 Å². The summed E-state index contributed by atoms with van der Waals surface area (Å²) in [6, 6.07) is 14.3. The number of anilines is 4. The molecule has 1 aliphatic heterocycles. The van der Waals surface area contributed by atoms with Gasteiger partial charge in [0.05, 0.1) is 18.1 Å². The molecule has 0 N–H and O–H groups in total. The summed E-state index contributed by atoms with van der Waals surface area (Å²) in [5, 5.41) is 0. The third-order valence-corrected chi connectivity index (χ3v) is 3.87. The van der Waals surface area contributed by atoms with Crippen LogP contribution in [0.3, 0.4) is 0 Å². The summed E-state index contributed by atoms with van der Waals surface area (Å²) in [4.78, 5) is 17.3. The van der Waals surface area contributed by atoms with E-state index in [0.29, 0.717) is 0 Å². The molecule has 2 aromatic heterocycles. The minimum atomic E-state index is 0.0956. The number of pyridine rings is 1. The van der Waals surface area contributed by atoms with Crippen LogP contribution in [0, 0.1) is 0 Å². The first-order valence-corrected chi connectivity index (χ1v) is 7.20. The van der Waals surface area contributed by atoms with Crippen LogP contribution < -0.4 is 9.80 Å². The van der Waals surface area contributed by atoms with E-state index in [9.17, 15) is 0 Å². The molecule has 1 atom stereocenters. The van der Waals surface area contributed by atoms with E-state index in [4.69, 9.17) is 0 Å². The zero-order valence-corrected chi connectivity index (χ0v) is 12.2. The summed E-state index contributed by atoms with van der Waals surface area (Å²) >= 11 is 0. The van der Waals surface area contributed by atoms with Crippen molar-refractivity contribution in [2.45, 2.75) is 13.1 Å². The Kier molecular flexibility index (Phi) is 2.96. The van der Waals surface area contributed by atoms with E-state index < -0.39 is 0 Å². The van der Waals surface area contributed by atoms with Gasteiger partial charge >= 0.3 is 0 Å². The Morgan fingerprint density at radius 3 is 2.45 bits per heavy atom. The molecule has 0 bridgehead atoms. The van der Waals surface area contributed by atoms with Crippen LogP contribution in [0.15, 0.2) is 67.4 Å². The smallest absolute Gasteiger partial charge is 0.162 e. The van der Waals surface area contributed by atoms with Crippen molar-refractivity contribution in [3.63, 3.8) is 0 Å². The third-order valence-electron chi connectivity index (χ3n) is 3.87. The molecule has 0 saturated carbocycles. The van der Waals surface area contributed by atoms with Gasteiger partial charge < -0.3 is 9.80 Å². The van der Waals surface area contributed by atoms with Crippen molar-refractivity contribution in [3.05, 3.63) is 67.4 Å². The monoisotopic (exact) mass is 289 g/mol. The van der Waals surface area contributed by atoms with E-state index in [-0.39, 0.29) is 6.17 Å². The molecule has 5 heteroatoms. The van der Waals surface area contributed by atoms with Gasteiger partial charge in [0.1, 0.15) is 18.2 Å². The second-order valence-corrected chi connectivity index (χ2v) is 5.15. The summed E-state index contributed by atoms with van der Waals surface area (Å²) in [6.07, 6.45) is 7.18. The van der Waals surface area contributed by atoms with Crippen molar-refractivity contribution < 1.29 is 0 Å². The van der Waals surface area contributed by atoms with E-state index in [1.165, 1.54) is 0 Å². The highest BCUT2D eigenvalue weighted by molar-refractivity contribution is 5.84. The Morgan fingerprint density at radius 1 is 0.864 bits per heavy atom. The first kappa shape index (κ1) is 12.8. The molecular formula is C17H15N5. The predicted molar refractivity (Wildman–Crippen MR) is 86.5 cm³/mol. The molecule has 108 valence electrons. The summed E-state index contributed by atoms with van der Waals surface area (Å²) in [5.41, 5.74) is 3.15. The van der Waals surface area contributed by atoms with Crippen molar-refractivity contribution in [1.29, 1.82) is 0 Å². The molecule has 0 aliphatic carbocycles. The molecule has 0 spiro atoms. The van der Waals surface area contributed by atoms with Crippen molar-refractivity contribution >= 4 is 22.9 Å².